The summed E-state index contributed by atoms with van der Waals surface area (Å²) in [5, 5.41) is 9.32. The van der Waals surface area contributed by atoms with Crippen molar-refractivity contribution in [2.24, 2.45) is 0 Å². The Morgan fingerprint density at radius 1 is 1.25 bits per heavy atom. The molecule has 0 aromatic rings. The summed E-state index contributed by atoms with van der Waals surface area (Å²) in [4.78, 5) is 0. The average Bonchev–Trinajstić information content (AvgIpc) is 1.81. The average molecular weight is 184 g/mol. The first-order valence-electron chi connectivity index (χ1n) is 4.37. The van der Waals surface area contributed by atoms with Crippen LogP contribution >= 0.6 is 0 Å². The van der Waals surface area contributed by atoms with Crippen LogP contribution in [0.1, 0.15) is 27.7 Å². The lowest BCUT2D eigenvalue weighted by molar-refractivity contribution is 0.253. The van der Waals surface area contributed by atoms with E-state index >= 15 is 0 Å². The van der Waals surface area contributed by atoms with Gasteiger partial charge in [-0.25, -0.2) is 0 Å². The standard InChI is InChI=1S/C10H20OSi/c1-9(11)7-8-12(5,6)10(2,3)4/h9,11H,1-6H3/t9-/m1/s1. The zero-order valence-corrected chi connectivity index (χ0v) is 10.0. The highest BCUT2D eigenvalue weighted by Gasteiger charge is 2.33. The Bertz CT molecular complexity index is 200. The fourth-order valence-electron chi connectivity index (χ4n) is 0.472. The van der Waals surface area contributed by atoms with E-state index < -0.39 is 14.2 Å². The third-order valence-electron chi connectivity index (χ3n) is 2.47. The van der Waals surface area contributed by atoms with Crippen LogP contribution in [0.3, 0.4) is 0 Å². The first-order chi connectivity index (χ1) is 5.17. The van der Waals surface area contributed by atoms with Gasteiger partial charge in [0.15, 0.2) is 0 Å². The Labute approximate surface area is 77.2 Å². The van der Waals surface area contributed by atoms with Gasteiger partial charge in [-0.15, -0.1) is 5.54 Å². The Balaban J connectivity index is 4.57. The fraction of sp³-hybridized carbons (Fsp3) is 0.800. The van der Waals surface area contributed by atoms with Crippen molar-refractivity contribution >= 4 is 8.07 Å². The fourth-order valence-corrected chi connectivity index (χ4v) is 1.42. The van der Waals surface area contributed by atoms with Crippen LogP contribution in [0.2, 0.25) is 18.1 Å². The van der Waals surface area contributed by atoms with E-state index in [9.17, 15) is 0 Å². The molecule has 12 heavy (non-hydrogen) atoms. The van der Waals surface area contributed by atoms with Crippen LogP contribution in [-0.2, 0) is 0 Å². The monoisotopic (exact) mass is 184 g/mol. The highest BCUT2D eigenvalue weighted by atomic mass is 28.3. The van der Waals surface area contributed by atoms with Gasteiger partial charge in [-0.1, -0.05) is 39.8 Å². The lowest BCUT2D eigenvalue weighted by Gasteiger charge is -2.31. The van der Waals surface area contributed by atoms with Crippen molar-refractivity contribution < 1.29 is 5.11 Å². The van der Waals surface area contributed by atoms with Gasteiger partial charge in [0.2, 0.25) is 0 Å². The Morgan fingerprint density at radius 3 is 1.92 bits per heavy atom. The molecule has 0 heterocycles. The highest BCUT2D eigenvalue weighted by Crippen LogP contribution is 2.35. The van der Waals surface area contributed by atoms with Gasteiger partial charge in [0.05, 0.1) is 0 Å². The van der Waals surface area contributed by atoms with Crippen molar-refractivity contribution in [1.29, 1.82) is 0 Å². The van der Waals surface area contributed by atoms with Gasteiger partial charge in [0.1, 0.15) is 14.2 Å². The summed E-state index contributed by atoms with van der Waals surface area (Å²) in [5.41, 5.74) is 3.24. The Morgan fingerprint density at radius 2 is 1.67 bits per heavy atom. The van der Waals surface area contributed by atoms with Gasteiger partial charge in [0.25, 0.3) is 0 Å². The molecule has 0 aromatic heterocycles. The molecule has 0 bridgehead atoms. The van der Waals surface area contributed by atoms with Crippen LogP contribution < -0.4 is 0 Å². The smallest absolute Gasteiger partial charge is 0.137 e. The molecule has 0 radical (unpaired) electrons. The SMILES string of the molecule is C[C@@H](O)C#C[Si](C)(C)C(C)(C)C. The quantitative estimate of drug-likeness (QED) is 0.453. The molecule has 0 aliphatic heterocycles. The molecule has 1 nitrogen and oxygen atoms in total. The minimum atomic E-state index is -1.49. The second-order valence-corrected chi connectivity index (χ2v) is 9.82. The molecule has 0 aromatic carbocycles. The minimum absolute atomic E-state index is 0.287. The van der Waals surface area contributed by atoms with E-state index in [-0.39, 0.29) is 5.04 Å². The molecule has 0 aliphatic carbocycles. The van der Waals surface area contributed by atoms with Gasteiger partial charge < -0.3 is 5.11 Å². The molecule has 0 unspecified atom stereocenters. The molecule has 70 valence electrons. The Kier molecular flexibility index (Phi) is 3.55. The summed E-state index contributed by atoms with van der Waals surface area (Å²) in [6.07, 6.45) is -0.487. The topological polar surface area (TPSA) is 20.2 Å². The second-order valence-electron chi connectivity index (χ2n) is 4.82. The lowest BCUT2D eigenvalue weighted by Crippen LogP contribution is -2.35. The van der Waals surface area contributed by atoms with Crippen LogP contribution in [0.4, 0.5) is 0 Å². The van der Waals surface area contributed by atoms with Gasteiger partial charge in [-0.3, -0.25) is 0 Å². The van der Waals surface area contributed by atoms with E-state index in [4.69, 9.17) is 5.11 Å². The maximum Gasteiger partial charge on any atom is 0.137 e. The van der Waals surface area contributed by atoms with Crippen LogP contribution in [0, 0.1) is 11.5 Å². The first-order valence-corrected chi connectivity index (χ1v) is 7.37. The van der Waals surface area contributed by atoms with Crippen LogP contribution in [-0.4, -0.2) is 19.3 Å². The largest absolute Gasteiger partial charge is 0.381 e. The highest BCUT2D eigenvalue weighted by molar-refractivity contribution is 6.87. The van der Waals surface area contributed by atoms with Crippen LogP contribution in [0.25, 0.3) is 0 Å². The lowest BCUT2D eigenvalue weighted by atomic mass is 10.2. The van der Waals surface area contributed by atoms with E-state index in [2.05, 4.69) is 45.3 Å². The van der Waals surface area contributed by atoms with Gasteiger partial charge >= 0.3 is 0 Å². The molecule has 2 heteroatoms. The minimum Gasteiger partial charge on any atom is -0.381 e. The number of hydrogen-bond donors (Lipinski definition) is 1. The summed E-state index contributed by atoms with van der Waals surface area (Å²) >= 11 is 0. The molecular formula is C10H20OSi. The molecular weight excluding hydrogens is 164 g/mol. The van der Waals surface area contributed by atoms with Gasteiger partial charge in [-0.2, -0.15) is 0 Å². The third kappa shape index (κ3) is 3.42. The van der Waals surface area contributed by atoms with Gasteiger partial charge in [0, 0.05) is 0 Å². The molecule has 1 atom stereocenters. The number of aliphatic hydroxyl groups is 1. The van der Waals surface area contributed by atoms with Crippen molar-refractivity contribution in [2.45, 2.75) is 51.9 Å². The molecule has 0 saturated heterocycles. The number of rotatable bonds is 0. The number of hydrogen-bond acceptors (Lipinski definition) is 1. The van der Waals surface area contributed by atoms with Crippen molar-refractivity contribution in [1.82, 2.24) is 0 Å². The van der Waals surface area contributed by atoms with Gasteiger partial charge in [-0.05, 0) is 12.0 Å². The van der Waals surface area contributed by atoms with E-state index in [0.29, 0.717) is 0 Å². The Hall–Kier alpha value is -0.263. The number of aliphatic hydroxyl groups excluding tert-OH is 1. The molecule has 0 rings (SSSR count). The molecule has 0 saturated carbocycles. The predicted octanol–water partition coefficient (Wildman–Crippen LogP) is 2.42. The van der Waals surface area contributed by atoms with E-state index in [1.54, 1.807) is 6.92 Å². The third-order valence-corrected chi connectivity index (χ3v) is 6.99. The normalized spacial score (nSPS) is 14.9. The second kappa shape index (κ2) is 3.63. The molecule has 1 N–H and O–H groups in total. The van der Waals surface area contributed by atoms with Crippen molar-refractivity contribution in [3.8, 4) is 11.5 Å². The summed E-state index contributed by atoms with van der Waals surface area (Å²) in [6, 6.07) is 0. The van der Waals surface area contributed by atoms with E-state index in [1.165, 1.54) is 0 Å². The maximum absolute atomic E-state index is 9.03. The predicted molar refractivity (Wildman–Crippen MR) is 56.7 cm³/mol. The van der Waals surface area contributed by atoms with Crippen molar-refractivity contribution in [2.75, 3.05) is 0 Å². The summed E-state index contributed by atoms with van der Waals surface area (Å²) in [6.45, 7) is 12.8. The van der Waals surface area contributed by atoms with E-state index in [1.807, 2.05) is 0 Å². The summed E-state index contributed by atoms with van der Waals surface area (Å²) in [5.74, 6) is 2.86. The molecule has 0 fully saturated rings. The summed E-state index contributed by atoms with van der Waals surface area (Å²) in [7, 11) is -1.49. The summed E-state index contributed by atoms with van der Waals surface area (Å²) < 4.78 is 0. The molecule has 0 spiro atoms. The van der Waals surface area contributed by atoms with E-state index in [0.717, 1.165) is 0 Å². The van der Waals surface area contributed by atoms with Crippen LogP contribution in [0.5, 0.6) is 0 Å². The zero-order chi connectivity index (χ0) is 9.99. The maximum atomic E-state index is 9.03. The van der Waals surface area contributed by atoms with Crippen molar-refractivity contribution in [3.63, 3.8) is 0 Å². The zero-order valence-electron chi connectivity index (χ0n) is 9.02. The van der Waals surface area contributed by atoms with Crippen LogP contribution in [0.15, 0.2) is 0 Å². The molecule has 0 amide bonds. The molecule has 0 aliphatic rings. The first kappa shape index (κ1) is 11.7. The van der Waals surface area contributed by atoms with Crippen molar-refractivity contribution in [3.05, 3.63) is 0 Å².